The van der Waals surface area contributed by atoms with E-state index in [0.29, 0.717) is 49.2 Å². The van der Waals surface area contributed by atoms with Crippen molar-refractivity contribution < 1.29 is 28.3 Å². The molecule has 1 atom stereocenters. The summed E-state index contributed by atoms with van der Waals surface area (Å²) in [5.41, 5.74) is 1.29. The second-order valence-corrected chi connectivity index (χ2v) is 11.1. The maximum Gasteiger partial charge on any atom is 0.338 e. The van der Waals surface area contributed by atoms with E-state index in [2.05, 4.69) is 4.99 Å². The molecular formula is C33H27N3O8S. The summed E-state index contributed by atoms with van der Waals surface area (Å²) in [6, 6.07) is 17.8. The fourth-order valence-electron chi connectivity index (χ4n) is 5.44. The van der Waals surface area contributed by atoms with Crippen LogP contribution in [0.15, 0.2) is 92.2 Å². The lowest BCUT2D eigenvalue weighted by Gasteiger charge is -2.27. The highest BCUT2D eigenvalue weighted by molar-refractivity contribution is 7.07. The molecule has 0 bridgehead atoms. The number of thiazole rings is 1. The van der Waals surface area contributed by atoms with Crippen LogP contribution in [-0.4, -0.2) is 36.3 Å². The number of hydrogen-bond acceptors (Lipinski definition) is 10. The topological polar surface area (TPSA) is 135 Å². The van der Waals surface area contributed by atoms with E-state index in [0.717, 1.165) is 22.1 Å². The fourth-order valence-corrected chi connectivity index (χ4v) is 6.47. The molecule has 228 valence electrons. The number of esters is 1. The highest BCUT2D eigenvalue weighted by Gasteiger charge is 2.36. The molecule has 2 aromatic heterocycles. The first kappa shape index (κ1) is 29.6. The zero-order valence-electron chi connectivity index (χ0n) is 24.7. The third-order valence-electron chi connectivity index (χ3n) is 7.48. The molecule has 0 unspecified atom stereocenters. The van der Waals surface area contributed by atoms with E-state index in [9.17, 15) is 19.7 Å². The molecular weight excluding hydrogens is 598 g/mol. The summed E-state index contributed by atoms with van der Waals surface area (Å²) in [6.45, 7) is 3.57. The lowest BCUT2D eigenvalue weighted by atomic mass is 9.90. The summed E-state index contributed by atoms with van der Waals surface area (Å²) in [5.74, 6) is 1.25. The van der Waals surface area contributed by atoms with Crippen LogP contribution in [-0.2, 0) is 9.53 Å². The van der Waals surface area contributed by atoms with Crippen molar-refractivity contribution >= 4 is 39.8 Å². The van der Waals surface area contributed by atoms with Gasteiger partial charge in [0.05, 0.1) is 41.6 Å². The van der Waals surface area contributed by atoms with Gasteiger partial charge in [0.15, 0.2) is 4.80 Å². The number of carbonyl (C=O) groups excluding carboxylic acids is 1. The third-order valence-corrected chi connectivity index (χ3v) is 8.47. The Labute approximate surface area is 260 Å². The number of rotatable bonds is 8. The van der Waals surface area contributed by atoms with Gasteiger partial charge in [0.25, 0.3) is 11.2 Å². The normalized spacial score (nSPS) is 14.7. The first-order chi connectivity index (χ1) is 21.7. The predicted molar refractivity (Wildman–Crippen MR) is 168 cm³/mol. The van der Waals surface area contributed by atoms with Crippen LogP contribution in [0.1, 0.15) is 31.2 Å². The number of nitro benzene ring substituents is 1. The number of nitrogens with zero attached hydrogens (tertiary/aromatic N) is 3. The van der Waals surface area contributed by atoms with Crippen LogP contribution in [0.5, 0.6) is 11.5 Å². The van der Waals surface area contributed by atoms with Gasteiger partial charge in [0.2, 0.25) is 0 Å². The van der Waals surface area contributed by atoms with Crippen molar-refractivity contribution in [3.05, 3.63) is 119 Å². The van der Waals surface area contributed by atoms with Crippen molar-refractivity contribution in [2.75, 3.05) is 20.8 Å². The number of allylic oxidation sites excluding steroid dienone is 1. The van der Waals surface area contributed by atoms with Crippen molar-refractivity contribution in [3.8, 4) is 22.8 Å². The SMILES string of the molecule is CCOC(=O)C1=C(C)N=c2s/c(=C\c3ccc(-c4cccc([N+](=O)[O-])c4)o3)c(=O)n2[C@@H]1c1c(OC)ccc2ccc(OC)cc12. The number of carbonyl (C=O) groups is 1. The van der Waals surface area contributed by atoms with Crippen LogP contribution in [0.3, 0.4) is 0 Å². The highest BCUT2D eigenvalue weighted by Crippen LogP contribution is 2.41. The smallest absolute Gasteiger partial charge is 0.338 e. The number of methoxy groups -OCH3 is 2. The number of ether oxygens (including phenoxy) is 3. The van der Waals surface area contributed by atoms with Crippen LogP contribution in [0.2, 0.25) is 0 Å². The maximum atomic E-state index is 14.2. The van der Waals surface area contributed by atoms with Crippen LogP contribution in [0.25, 0.3) is 28.2 Å². The number of hydrogen-bond donors (Lipinski definition) is 0. The van der Waals surface area contributed by atoms with Crippen molar-refractivity contribution in [2.24, 2.45) is 4.99 Å². The second kappa shape index (κ2) is 11.9. The standard InChI is InChI=1S/C33H27N3O8S/c1-5-43-32(38)28-18(2)34-33-35(30(28)29-24-16-22(41-3)11-9-19(24)10-13-26(29)42-4)31(37)27(45-33)17-23-12-14-25(44-23)20-7-6-8-21(15-20)36(39)40/h6-17,30H,5H2,1-4H3/b27-17-/t30-/m0/s1. The Morgan fingerprint density at radius 2 is 1.91 bits per heavy atom. The van der Waals surface area contributed by atoms with E-state index in [1.807, 2.05) is 24.3 Å². The number of nitro groups is 1. The van der Waals surface area contributed by atoms with Gasteiger partial charge in [-0.05, 0) is 55.0 Å². The van der Waals surface area contributed by atoms with Gasteiger partial charge in [-0.1, -0.05) is 35.6 Å². The molecule has 0 spiro atoms. The summed E-state index contributed by atoms with van der Waals surface area (Å²) in [6.07, 6.45) is 1.59. The number of aromatic nitrogens is 1. The van der Waals surface area contributed by atoms with Gasteiger partial charge >= 0.3 is 5.97 Å². The molecule has 0 amide bonds. The molecule has 1 aliphatic heterocycles. The van der Waals surface area contributed by atoms with E-state index in [-0.39, 0.29) is 17.9 Å². The van der Waals surface area contributed by atoms with Gasteiger partial charge in [-0.25, -0.2) is 9.79 Å². The van der Waals surface area contributed by atoms with E-state index in [1.165, 1.54) is 23.8 Å². The van der Waals surface area contributed by atoms with E-state index in [1.54, 1.807) is 57.4 Å². The second-order valence-electron chi connectivity index (χ2n) is 10.1. The molecule has 0 fully saturated rings. The lowest BCUT2D eigenvalue weighted by Crippen LogP contribution is -2.40. The molecule has 0 radical (unpaired) electrons. The van der Waals surface area contributed by atoms with E-state index >= 15 is 0 Å². The van der Waals surface area contributed by atoms with Gasteiger partial charge in [0.1, 0.15) is 29.1 Å². The van der Waals surface area contributed by atoms with Crippen LogP contribution in [0.4, 0.5) is 5.69 Å². The van der Waals surface area contributed by atoms with E-state index < -0.39 is 22.5 Å². The van der Waals surface area contributed by atoms with Crippen molar-refractivity contribution in [1.29, 1.82) is 0 Å². The number of non-ortho nitro benzene ring substituents is 1. The van der Waals surface area contributed by atoms with Gasteiger partial charge in [0, 0.05) is 29.3 Å². The Morgan fingerprint density at radius 1 is 1.11 bits per heavy atom. The maximum absolute atomic E-state index is 14.2. The highest BCUT2D eigenvalue weighted by atomic mass is 32.1. The van der Waals surface area contributed by atoms with Crippen molar-refractivity contribution in [3.63, 3.8) is 0 Å². The molecule has 0 aliphatic carbocycles. The Kier molecular flexibility index (Phi) is 7.81. The zero-order valence-corrected chi connectivity index (χ0v) is 25.5. The number of benzene rings is 3. The summed E-state index contributed by atoms with van der Waals surface area (Å²) < 4.78 is 24.5. The molecule has 45 heavy (non-hydrogen) atoms. The van der Waals surface area contributed by atoms with Crippen molar-refractivity contribution in [1.82, 2.24) is 4.57 Å². The monoisotopic (exact) mass is 625 g/mol. The first-order valence-electron chi connectivity index (χ1n) is 13.9. The number of furan rings is 1. The minimum absolute atomic E-state index is 0.0620. The van der Waals surface area contributed by atoms with Crippen LogP contribution < -0.4 is 24.4 Å². The molecule has 12 heteroatoms. The summed E-state index contributed by atoms with van der Waals surface area (Å²) in [7, 11) is 3.10. The summed E-state index contributed by atoms with van der Waals surface area (Å²) in [4.78, 5) is 43.5. The molecule has 0 saturated heterocycles. The van der Waals surface area contributed by atoms with Crippen LogP contribution in [0, 0.1) is 10.1 Å². The van der Waals surface area contributed by atoms with Crippen molar-refractivity contribution in [2.45, 2.75) is 19.9 Å². The molecule has 5 aromatic rings. The number of fused-ring (bicyclic) bond motifs is 2. The van der Waals surface area contributed by atoms with Gasteiger partial charge < -0.3 is 18.6 Å². The predicted octanol–water partition coefficient (Wildman–Crippen LogP) is 5.14. The molecule has 3 aromatic carbocycles. The molecule has 11 nitrogen and oxygen atoms in total. The molecule has 1 aliphatic rings. The fraction of sp³-hybridized carbons (Fsp3) is 0.182. The molecule has 0 saturated carbocycles. The Morgan fingerprint density at radius 3 is 2.64 bits per heavy atom. The molecule has 3 heterocycles. The quantitative estimate of drug-likeness (QED) is 0.131. The zero-order chi connectivity index (χ0) is 31.8. The average Bonchev–Trinajstić information content (AvgIpc) is 3.63. The van der Waals surface area contributed by atoms with Gasteiger partial charge in [-0.2, -0.15) is 0 Å². The summed E-state index contributed by atoms with van der Waals surface area (Å²) >= 11 is 1.15. The van der Waals surface area contributed by atoms with Crippen LogP contribution >= 0.6 is 11.3 Å². The largest absolute Gasteiger partial charge is 0.497 e. The average molecular weight is 626 g/mol. The Bertz CT molecular complexity index is 2200. The van der Waals surface area contributed by atoms with Gasteiger partial charge in [-0.15, -0.1) is 0 Å². The van der Waals surface area contributed by atoms with Gasteiger partial charge in [-0.3, -0.25) is 19.5 Å². The Balaban J connectivity index is 1.56. The minimum Gasteiger partial charge on any atom is -0.497 e. The minimum atomic E-state index is -0.926. The first-order valence-corrected chi connectivity index (χ1v) is 14.7. The Hall–Kier alpha value is -5.49. The molecule has 6 rings (SSSR count). The van der Waals surface area contributed by atoms with E-state index in [4.69, 9.17) is 18.6 Å². The molecule has 0 N–H and O–H groups in total. The lowest BCUT2D eigenvalue weighted by molar-refractivity contribution is -0.384. The summed E-state index contributed by atoms with van der Waals surface area (Å²) in [5, 5.41) is 12.8. The third kappa shape index (κ3) is 5.29.